The highest BCUT2D eigenvalue weighted by Crippen LogP contribution is 2.33. The molecule has 1 N–H and O–H groups in total. The third-order valence-corrected chi connectivity index (χ3v) is 4.27. The van der Waals surface area contributed by atoms with E-state index in [1.807, 2.05) is 0 Å². The van der Waals surface area contributed by atoms with Crippen molar-refractivity contribution in [1.82, 2.24) is 9.88 Å². The molecule has 0 aliphatic rings. The molecule has 22 heavy (non-hydrogen) atoms. The van der Waals surface area contributed by atoms with Crippen molar-refractivity contribution < 1.29 is 23.1 Å². The molecule has 0 fully saturated rings. The molecular formula is C14H15F3N2O2S. The first kappa shape index (κ1) is 16.7. The Labute approximate surface area is 129 Å². The number of aryl methyl sites for hydroxylation is 1. The predicted molar refractivity (Wildman–Crippen MR) is 77.7 cm³/mol. The molecule has 0 spiro atoms. The lowest BCUT2D eigenvalue weighted by molar-refractivity contribution is -0.137. The second kappa shape index (κ2) is 6.62. The van der Waals surface area contributed by atoms with Gasteiger partial charge in [-0.25, -0.2) is 4.98 Å². The molecule has 0 saturated heterocycles. The van der Waals surface area contributed by atoms with Crippen LogP contribution < -0.4 is 0 Å². The van der Waals surface area contributed by atoms with E-state index in [9.17, 15) is 18.0 Å². The van der Waals surface area contributed by atoms with Gasteiger partial charge in [0, 0.05) is 26.4 Å². The number of hydrogen-bond acceptors (Lipinski definition) is 4. The van der Waals surface area contributed by atoms with Gasteiger partial charge in [-0.15, -0.1) is 11.3 Å². The number of aliphatic hydroxyl groups is 1. The Morgan fingerprint density at radius 1 is 1.41 bits per heavy atom. The molecule has 1 amide bonds. The van der Waals surface area contributed by atoms with E-state index in [4.69, 9.17) is 5.11 Å². The lowest BCUT2D eigenvalue weighted by atomic mass is 10.2. The topological polar surface area (TPSA) is 53.4 Å². The van der Waals surface area contributed by atoms with Crippen molar-refractivity contribution in [2.45, 2.75) is 19.0 Å². The summed E-state index contributed by atoms with van der Waals surface area (Å²) in [7, 11) is 1.59. The van der Waals surface area contributed by atoms with Gasteiger partial charge in [0.2, 0.25) is 5.91 Å². The van der Waals surface area contributed by atoms with Crippen LogP contribution in [0.25, 0.3) is 10.2 Å². The van der Waals surface area contributed by atoms with E-state index in [0.717, 1.165) is 12.1 Å². The van der Waals surface area contributed by atoms with Gasteiger partial charge in [0.05, 0.1) is 27.4 Å². The van der Waals surface area contributed by atoms with Crippen molar-refractivity contribution in [3.05, 3.63) is 28.8 Å². The minimum Gasteiger partial charge on any atom is -0.395 e. The Kier molecular flexibility index (Phi) is 5.02. The van der Waals surface area contributed by atoms with Gasteiger partial charge in [-0.1, -0.05) is 0 Å². The van der Waals surface area contributed by atoms with Gasteiger partial charge in [0.25, 0.3) is 0 Å². The molecule has 1 aromatic carbocycles. The average molecular weight is 332 g/mol. The maximum Gasteiger partial charge on any atom is 0.416 e. The number of fused-ring (bicyclic) bond motifs is 1. The molecule has 4 nitrogen and oxygen atoms in total. The summed E-state index contributed by atoms with van der Waals surface area (Å²) >= 11 is 1.29. The second-order valence-corrected chi connectivity index (χ2v) is 5.94. The minimum atomic E-state index is -4.39. The first-order valence-corrected chi connectivity index (χ1v) is 7.44. The third kappa shape index (κ3) is 3.95. The SMILES string of the molecule is CN(CCO)C(=O)CCc1nc2cc(C(F)(F)F)ccc2s1. The molecule has 0 aliphatic carbocycles. The Hall–Kier alpha value is -1.67. The smallest absolute Gasteiger partial charge is 0.395 e. The molecular weight excluding hydrogens is 317 g/mol. The van der Waals surface area contributed by atoms with Crippen LogP contribution in [0.15, 0.2) is 18.2 Å². The van der Waals surface area contributed by atoms with E-state index in [2.05, 4.69) is 4.98 Å². The fraction of sp³-hybridized carbons (Fsp3) is 0.429. The minimum absolute atomic E-state index is 0.108. The number of thiazole rings is 1. The van der Waals surface area contributed by atoms with Crippen LogP contribution in [0.4, 0.5) is 13.2 Å². The lowest BCUT2D eigenvalue weighted by Crippen LogP contribution is -2.29. The molecule has 8 heteroatoms. The highest BCUT2D eigenvalue weighted by Gasteiger charge is 2.30. The van der Waals surface area contributed by atoms with Crippen LogP contribution >= 0.6 is 11.3 Å². The quantitative estimate of drug-likeness (QED) is 0.916. The average Bonchev–Trinajstić information content (AvgIpc) is 2.85. The molecule has 0 atom stereocenters. The zero-order valence-electron chi connectivity index (χ0n) is 11.9. The maximum atomic E-state index is 12.6. The van der Waals surface area contributed by atoms with Gasteiger partial charge < -0.3 is 10.0 Å². The number of alkyl halides is 3. The van der Waals surface area contributed by atoms with Crippen LogP contribution in [0.2, 0.25) is 0 Å². The molecule has 0 aliphatic heterocycles. The number of halogens is 3. The number of nitrogens with zero attached hydrogens (tertiary/aromatic N) is 2. The van der Waals surface area contributed by atoms with Crippen LogP contribution in [0, 0.1) is 0 Å². The summed E-state index contributed by atoms with van der Waals surface area (Å²) < 4.78 is 38.6. The molecule has 0 saturated carbocycles. The van der Waals surface area contributed by atoms with Gasteiger partial charge in [-0.3, -0.25) is 4.79 Å². The summed E-state index contributed by atoms with van der Waals surface area (Å²) in [6.45, 7) is 0.150. The molecule has 2 rings (SSSR count). The number of rotatable bonds is 5. The Morgan fingerprint density at radius 2 is 2.14 bits per heavy atom. The number of likely N-dealkylation sites (N-methyl/N-ethyl adjacent to an activating group) is 1. The fourth-order valence-electron chi connectivity index (χ4n) is 1.94. The summed E-state index contributed by atoms with van der Waals surface area (Å²) in [6, 6.07) is 3.46. The number of amides is 1. The van der Waals surface area contributed by atoms with E-state index >= 15 is 0 Å². The van der Waals surface area contributed by atoms with Crippen LogP contribution in [-0.2, 0) is 17.4 Å². The number of carbonyl (C=O) groups excluding carboxylic acids is 1. The summed E-state index contributed by atoms with van der Waals surface area (Å²) in [6.07, 6.45) is -3.81. The van der Waals surface area contributed by atoms with Crippen LogP contribution in [0.3, 0.4) is 0 Å². The number of benzene rings is 1. The molecule has 120 valence electrons. The van der Waals surface area contributed by atoms with Crippen molar-refractivity contribution in [3.8, 4) is 0 Å². The second-order valence-electron chi connectivity index (χ2n) is 4.83. The molecule has 1 heterocycles. The zero-order valence-corrected chi connectivity index (χ0v) is 12.7. The molecule has 2 aromatic rings. The van der Waals surface area contributed by atoms with E-state index in [1.54, 1.807) is 7.05 Å². The van der Waals surface area contributed by atoms with Crippen molar-refractivity contribution in [2.75, 3.05) is 20.2 Å². The van der Waals surface area contributed by atoms with Crippen molar-refractivity contribution in [2.24, 2.45) is 0 Å². The fourth-order valence-corrected chi connectivity index (χ4v) is 2.89. The highest BCUT2D eigenvalue weighted by atomic mass is 32.1. The van der Waals surface area contributed by atoms with Crippen LogP contribution in [0.5, 0.6) is 0 Å². The summed E-state index contributed by atoms with van der Waals surface area (Å²) in [5.74, 6) is -0.135. The van der Waals surface area contributed by atoms with E-state index < -0.39 is 11.7 Å². The summed E-state index contributed by atoms with van der Waals surface area (Å²) in [4.78, 5) is 17.3. The van der Waals surface area contributed by atoms with Gasteiger partial charge >= 0.3 is 6.18 Å². The van der Waals surface area contributed by atoms with E-state index in [1.165, 1.54) is 22.3 Å². The Morgan fingerprint density at radius 3 is 2.77 bits per heavy atom. The first-order valence-electron chi connectivity index (χ1n) is 6.62. The Bertz CT molecular complexity index is 670. The largest absolute Gasteiger partial charge is 0.416 e. The molecule has 0 radical (unpaired) electrons. The molecule has 0 bridgehead atoms. The predicted octanol–water partition coefficient (Wildman–Crippen LogP) is 2.70. The highest BCUT2D eigenvalue weighted by molar-refractivity contribution is 7.18. The van der Waals surface area contributed by atoms with Crippen LogP contribution in [-0.4, -0.2) is 41.1 Å². The lowest BCUT2D eigenvalue weighted by Gasteiger charge is -2.14. The van der Waals surface area contributed by atoms with Gasteiger partial charge in [-0.2, -0.15) is 13.2 Å². The third-order valence-electron chi connectivity index (χ3n) is 3.17. The zero-order chi connectivity index (χ0) is 16.3. The standard InChI is InChI=1S/C14H15F3N2O2S/c1-19(6-7-20)13(21)5-4-12-18-10-8-9(14(15,16)17)2-3-11(10)22-12/h2-3,8,20H,4-7H2,1H3. The number of carbonyl (C=O) groups is 1. The van der Waals surface area contributed by atoms with Crippen molar-refractivity contribution in [3.63, 3.8) is 0 Å². The number of hydrogen-bond donors (Lipinski definition) is 1. The molecule has 1 aromatic heterocycles. The van der Waals surface area contributed by atoms with E-state index in [0.29, 0.717) is 21.6 Å². The summed E-state index contributed by atoms with van der Waals surface area (Å²) in [5, 5.41) is 9.39. The summed E-state index contributed by atoms with van der Waals surface area (Å²) in [5.41, 5.74) is -0.429. The van der Waals surface area contributed by atoms with Gasteiger partial charge in [-0.05, 0) is 18.2 Å². The number of aromatic nitrogens is 1. The van der Waals surface area contributed by atoms with E-state index in [-0.39, 0.29) is 25.5 Å². The monoisotopic (exact) mass is 332 g/mol. The Balaban J connectivity index is 2.08. The molecule has 0 unspecified atom stereocenters. The van der Waals surface area contributed by atoms with Crippen LogP contribution in [0.1, 0.15) is 17.0 Å². The normalized spacial score (nSPS) is 11.9. The first-order chi connectivity index (χ1) is 10.3. The van der Waals surface area contributed by atoms with Gasteiger partial charge in [0.15, 0.2) is 0 Å². The van der Waals surface area contributed by atoms with Crippen molar-refractivity contribution in [1.29, 1.82) is 0 Å². The van der Waals surface area contributed by atoms with Gasteiger partial charge in [0.1, 0.15) is 0 Å². The number of aliphatic hydroxyl groups excluding tert-OH is 1. The maximum absolute atomic E-state index is 12.6. The van der Waals surface area contributed by atoms with Crippen molar-refractivity contribution >= 4 is 27.5 Å².